The number of thioether (sulfide) groups is 1. The minimum atomic E-state index is -0.348. The zero-order chi connectivity index (χ0) is 20.3. The Hall–Kier alpha value is -1.95. The van der Waals surface area contributed by atoms with Gasteiger partial charge < -0.3 is 4.74 Å². The van der Waals surface area contributed by atoms with Gasteiger partial charge in [-0.25, -0.2) is 0 Å². The standard InChI is InChI=1S/C21H19Cl2NO3S/c1-3-13(2)27-18-7-5-4-6-14(18)10-19-20(25)24(21(26)28-19)12-15-8-9-16(22)11-17(15)23/h4-11,13H,3,12H2,1-2H3/b19-10+/t13-/m0/s1. The molecule has 0 N–H and O–H groups in total. The predicted molar refractivity (Wildman–Crippen MR) is 115 cm³/mol. The van der Waals surface area contributed by atoms with E-state index in [0.717, 1.165) is 23.7 Å². The summed E-state index contributed by atoms with van der Waals surface area (Å²) in [7, 11) is 0. The van der Waals surface area contributed by atoms with Crippen molar-refractivity contribution in [2.45, 2.75) is 32.9 Å². The molecule has 0 saturated carbocycles. The van der Waals surface area contributed by atoms with Crippen molar-refractivity contribution in [3.05, 3.63) is 68.5 Å². The quantitative estimate of drug-likeness (QED) is 0.491. The van der Waals surface area contributed by atoms with E-state index >= 15 is 0 Å². The molecule has 1 atom stereocenters. The monoisotopic (exact) mass is 435 g/mol. The number of rotatable bonds is 6. The van der Waals surface area contributed by atoms with E-state index in [4.69, 9.17) is 27.9 Å². The molecule has 1 heterocycles. The van der Waals surface area contributed by atoms with Gasteiger partial charge in [-0.3, -0.25) is 14.5 Å². The fourth-order valence-electron chi connectivity index (χ4n) is 2.60. The second kappa shape index (κ2) is 9.03. The number of imide groups is 1. The van der Waals surface area contributed by atoms with E-state index < -0.39 is 0 Å². The lowest BCUT2D eigenvalue weighted by Crippen LogP contribution is -2.27. The summed E-state index contributed by atoms with van der Waals surface area (Å²) in [5, 5.41) is 0.589. The van der Waals surface area contributed by atoms with Crippen LogP contribution in [0, 0.1) is 0 Å². The molecule has 3 rings (SSSR count). The van der Waals surface area contributed by atoms with E-state index in [1.165, 1.54) is 4.90 Å². The lowest BCUT2D eigenvalue weighted by Gasteiger charge is -2.15. The van der Waals surface area contributed by atoms with Crippen molar-refractivity contribution in [1.82, 2.24) is 4.90 Å². The molecule has 1 fully saturated rings. The highest BCUT2D eigenvalue weighted by Crippen LogP contribution is 2.36. The van der Waals surface area contributed by atoms with Gasteiger partial charge in [0, 0.05) is 15.6 Å². The summed E-state index contributed by atoms with van der Waals surface area (Å²) in [4.78, 5) is 26.7. The van der Waals surface area contributed by atoms with Crippen LogP contribution in [0.3, 0.4) is 0 Å². The fraction of sp³-hybridized carbons (Fsp3) is 0.238. The summed E-state index contributed by atoms with van der Waals surface area (Å²) in [6.07, 6.45) is 2.62. The number of halogens is 2. The number of ether oxygens (including phenoxy) is 1. The van der Waals surface area contributed by atoms with Crippen molar-refractivity contribution in [1.29, 1.82) is 0 Å². The number of carbonyl (C=O) groups excluding carboxylic acids is 2. The number of amides is 2. The van der Waals surface area contributed by atoms with Gasteiger partial charge in [-0.15, -0.1) is 0 Å². The van der Waals surface area contributed by atoms with Crippen LogP contribution in [0.25, 0.3) is 6.08 Å². The first-order valence-electron chi connectivity index (χ1n) is 8.84. The zero-order valence-electron chi connectivity index (χ0n) is 15.4. The minimum absolute atomic E-state index is 0.0525. The number of benzene rings is 2. The van der Waals surface area contributed by atoms with Crippen LogP contribution < -0.4 is 4.74 Å². The first kappa shape index (κ1) is 20.8. The third kappa shape index (κ3) is 4.72. The number of hydrogen-bond donors (Lipinski definition) is 0. The molecule has 2 aromatic carbocycles. The van der Waals surface area contributed by atoms with Gasteiger partial charge in [0.25, 0.3) is 11.1 Å². The highest BCUT2D eigenvalue weighted by atomic mass is 35.5. The lowest BCUT2D eigenvalue weighted by molar-refractivity contribution is -0.123. The molecule has 0 radical (unpaired) electrons. The van der Waals surface area contributed by atoms with Gasteiger partial charge in [-0.1, -0.05) is 54.4 Å². The van der Waals surface area contributed by atoms with Crippen molar-refractivity contribution >= 4 is 52.2 Å². The molecule has 146 valence electrons. The van der Waals surface area contributed by atoms with E-state index in [0.29, 0.717) is 26.3 Å². The molecule has 28 heavy (non-hydrogen) atoms. The molecule has 2 aromatic rings. The Morgan fingerprint density at radius 2 is 1.93 bits per heavy atom. The molecule has 0 aliphatic carbocycles. The first-order valence-corrected chi connectivity index (χ1v) is 10.4. The van der Waals surface area contributed by atoms with Crippen molar-refractivity contribution in [3.8, 4) is 5.75 Å². The predicted octanol–water partition coefficient (Wildman–Crippen LogP) is 6.41. The molecule has 2 amide bonds. The molecule has 0 bridgehead atoms. The van der Waals surface area contributed by atoms with Gasteiger partial charge >= 0.3 is 0 Å². The van der Waals surface area contributed by atoms with Crippen LogP contribution in [0.1, 0.15) is 31.4 Å². The molecule has 1 aliphatic heterocycles. The second-order valence-corrected chi connectivity index (χ2v) is 8.21. The molecule has 1 saturated heterocycles. The van der Waals surface area contributed by atoms with E-state index in [1.807, 2.05) is 38.1 Å². The molecule has 7 heteroatoms. The number of nitrogens with zero attached hydrogens (tertiary/aromatic N) is 1. The largest absolute Gasteiger partial charge is 0.490 e. The fourth-order valence-corrected chi connectivity index (χ4v) is 3.90. The molecule has 1 aliphatic rings. The average molecular weight is 436 g/mol. The summed E-state index contributed by atoms with van der Waals surface area (Å²) in [5.74, 6) is 0.337. The van der Waals surface area contributed by atoms with Crippen molar-refractivity contribution in [2.24, 2.45) is 0 Å². The van der Waals surface area contributed by atoms with Gasteiger partial charge in [0.2, 0.25) is 0 Å². The lowest BCUT2D eigenvalue weighted by atomic mass is 10.1. The SMILES string of the molecule is CC[C@H](C)Oc1ccccc1/C=C1/SC(=O)N(Cc2ccc(Cl)cc2Cl)C1=O. The van der Waals surface area contributed by atoms with Crippen LogP contribution in [-0.4, -0.2) is 22.2 Å². The van der Waals surface area contributed by atoms with Crippen LogP contribution in [0.4, 0.5) is 4.79 Å². The van der Waals surface area contributed by atoms with Crippen molar-refractivity contribution in [2.75, 3.05) is 0 Å². The maximum absolute atomic E-state index is 12.8. The maximum atomic E-state index is 12.8. The van der Waals surface area contributed by atoms with Gasteiger partial charge in [0.15, 0.2) is 0 Å². The van der Waals surface area contributed by atoms with Gasteiger partial charge in [0.05, 0.1) is 17.6 Å². The van der Waals surface area contributed by atoms with Gasteiger partial charge in [-0.05, 0) is 54.9 Å². The van der Waals surface area contributed by atoms with E-state index in [9.17, 15) is 9.59 Å². The summed E-state index contributed by atoms with van der Waals surface area (Å²) >= 11 is 13.0. The van der Waals surface area contributed by atoms with Crippen molar-refractivity contribution in [3.63, 3.8) is 0 Å². The minimum Gasteiger partial charge on any atom is -0.490 e. The molecule has 0 spiro atoms. The van der Waals surface area contributed by atoms with Crippen LogP contribution in [0.15, 0.2) is 47.4 Å². The summed E-state index contributed by atoms with van der Waals surface area (Å²) in [5.41, 5.74) is 1.42. The topological polar surface area (TPSA) is 46.6 Å². The second-order valence-electron chi connectivity index (χ2n) is 6.38. The Bertz CT molecular complexity index is 945. The summed E-state index contributed by atoms with van der Waals surface area (Å²) in [6, 6.07) is 12.5. The molecular formula is C21H19Cl2NO3S. The van der Waals surface area contributed by atoms with Gasteiger partial charge in [-0.2, -0.15) is 0 Å². The maximum Gasteiger partial charge on any atom is 0.293 e. The molecular weight excluding hydrogens is 417 g/mol. The highest BCUT2D eigenvalue weighted by molar-refractivity contribution is 8.18. The van der Waals surface area contributed by atoms with Crippen LogP contribution in [-0.2, 0) is 11.3 Å². The molecule has 0 aromatic heterocycles. The zero-order valence-corrected chi connectivity index (χ0v) is 17.8. The van der Waals surface area contributed by atoms with E-state index in [2.05, 4.69) is 0 Å². The van der Waals surface area contributed by atoms with E-state index in [-0.39, 0.29) is 23.8 Å². The molecule has 0 unspecified atom stereocenters. The normalized spacial score (nSPS) is 16.7. The third-order valence-electron chi connectivity index (χ3n) is 4.33. The number of carbonyl (C=O) groups is 2. The average Bonchev–Trinajstić information content (AvgIpc) is 2.92. The Morgan fingerprint density at radius 3 is 2.64 bits per heavy atom. The van der Waals surface area contributed by atoms with Gasteiger partial charge in [0.1, 0.15) is 5.75 Å². The number of hydrogen-bond acceptors (Lipinski definition) is 4. The number of para-hydroxylation sites is 1. The first-order chi connectivity index (χ1) is 13.4. The highest BCUT2D eigenvalue weighted by Gasteiger charge is 2.35. The van der Waals surface area contributed by atoms with E-state index in [1.54, 1.807) is 24.3 Å². The van der Waals surface area contributed by atoms with Crippen LogP contribution >= 0.6 is 35.0 Å². The summed E-state index contributed by atoms with van der Waals surface area (Å²) in [6.45, 7) is 4.13. The third-order valence-corrected chi connectivity index (χ3v) is 5.82. The van der Waals surface area contributed by atoms with Crippen LogP contribution in [0.5, 0.6) is 5.75 Å². The molecule has 4 nitrogen and oxygen atoms in total. The summed E-state index contributed by atoms with van der Waals surface area (Å²) < 4.78 is 5.92. The smallest absolute Gasteiger partial charge is 0.293 e. The Kier molecular flexibility index (Phi) is 6.70. The Balaban J connectivity index is 1.84. The van der Waals surface area contributed by atoms with Crippen LogP contribution in [0.2, 0.25) is 10.0 Å². The Labute approximate surface area is 178 Å². The Morgan fingerprint density at radius 1 is 1.18 bits per heavy atom. The van der Waals surface area contributed by atoms with Crippen molar-refractivity contribution < 1.29 is 14.3 Å².